The van der Waals surface area contributed by atoms with Crippen LogP contribution in [-0.2, 0) is 22.9 Å². The number of aryl methyl sites for hydroxylation is 2. The summed E-state index contributed by atoms with van der Waals surface area (Å²) in [6.07, 6.45) is -3.81. The first-order valence-corrected chi connectivity index (χ1v) is 10.8. The number of anilines is 1. The molecule has 3 rings (SSSR count). The fourth-order valence-corrected chi connectivity index (χ4v) is 4.06. The molecule has 6 nitrogen and oxygen atoms in total. The van der Waals surface area contributed by atoms with Crippen molar-refractivity contribution in [2.75, 3.05) is 4.72 Å². The third-order valence-electron chi connectivity index (χ3n) is 4.50. The Bertz CT molecular complexity index is 1190. The molecule has 0 bridgehead atoms. The number of hydrogen-bond acceptors (Lipinski definition) is 4. The van der Waals surface area contributed by atoms with Crippen molar-refractivity contribution in [2.24, 2.45) is 0 Å². The van der Waals surface area contributed by atoms with Crippen LogP contribution in [0.4, 0.5) is 18.9 Å². The van der Waals surface area contributed by atoms with Crippen LogP contribution in [0.25, 0.3) is 0 Å². The van der Waals surface area contributed by atoms with E-state index in [1.165, 1.54) is 6.07 Å². The molecule has 0 aliphatic rings. The van der Waals surface area contributed by atoms with Crippen LogP contribution >= 0.6 is 0 Å². The number of carbonyl (C=O) groups is 1. The molecule has 2 N–H and O–H groups in total. The van der Waals surface area contributed by atoms with Crippen molar-refractivity contribution in [2.45, 2.75) is 24.1 Å². The first-order chi connectivity index (χ1) is 15.0. The number of hydrogen-bond donors (Lipinski definition) is 2. The van der Waals surface area contributed by atoms with Gasteiger partial charge in [0.05, 0.1) is 10.5 Å². The monoisotopic (exact) mass is 465 g/mol. The maximum atomic E-state index is 12.5. The van der Waals surface area contributed by atoms with Gasteiger partial charge in [0.15, 0.2) is 0 Å². The van der Waals surface area contributed by atoms with Gasteiger partial charge in [0.25, 0.3) is 10.0 Å². The Morgan fingerprint density at radius 2 is 1.53 bits per heavy atom. The largest absolute Gasteiger partial charge is 0.573 e. The molecule has 0 heterocycles. The van der Waals surface area contributed by atoms with Crippen LogP contribution in [0.1, 0.15) is 21.5 Å². The van der Waals surface area contributed by atoms with Crippen molar-refractivity contribution >= 4 is 21.7 Å². The lowest BCUT2D eigenvalue weighted by Crippen LogP contribution is -2.17. The van der Waals surface area contributed by atoms with Crippen molar-refractivity contribution < 1.29 is 36.2 Å². The molecule has 0 aliphatic carbocycles. The summed E-state index contributed by atoms with van der Waals surface area (Å²) in [5.41, 5.74) is 2.09. The van der Waals surface area contributed by atoms with E-state index in [1.54, 1.807) is 42.5 Å². The fourth-order valence-electron chi connectivity index (χ4n) is 3.00. The van der Waals surface area contributed by atoms with Crippen LogP contribution in [-0.4, -0.2) is 25.9 Å². The molecule has 0 atom stereocenters. The third kappa shape index (κ3) is 6.24. The van der Waals surface area contributed by atoms with Gasteiger partial charge in [0.2, 0.25) is 0 Å². The Hall–Kier alpha value is -3.53. The summed E-state index contributed by atoms with van der Waals surface area (Å²) in [5.74, 6) is -1.52. The predicted octanol–water partition coefficient (Wildman–Crippen LogP) is 4.87. The van der Waals surface area contributed by atoms with E-state index in [0.29, 0.717) is 18.4 Å². The number of alkyl halides is 3. The minimum atomic E-state index is -4.86. The number of nitrogens with one attached hydrogen (secondary N) is 1. The highest BCUT2D eigenvalue weighted by Gasteiger charge is 2.31. The van der Waals surface area contributed by atoms with Crippen molar-refractivity contribution in [3.8, 4) is 5.75 Å². The Labute approximate surface area is 182 Å². The van der Waals surface area contributed by atoms with E-state index in [1.807, 2.05) is 0 Å². The molecule has 0 spiro atoms. The first-order valence-electron chi connectivity index (χ1n) is 9.32. The zero-order valence-corrected chi connectivity index (χ0v) is 17.3. The minimum absolute atomic E-state index is 0.221. The van der Waals surface area contributed by atoms with Gasteiger partial charge < -0.3 is 9.84 Å². The summed E-state index contributed by atoms with van der Waals surface area (Å²) in [6.45, 7) is 0. The van der Waals surface area contributed by atoms with Gasteiger partial charge in [-0.25, -0.2) is 13.2 Å². The Balaban J connectivity index is 1.64. The molecule has 3 aromatic rings. The number of sulfonamides is 1. The first kappa shape index (κ1) is 23.1. The van der Waals surface area contributed by atoms with Gasteiger partial charge in [-0.15, -0.1) is 13.2 Å². The van der Waals surface area contributed by atoms with Crippen LogP contribution in [0, 0.1) is 0 Å². The smallest absolute Gasteiger partial charge is 0.478 e. The molecule has 0 unspecified atom stereocenters. The van der Waals surface area contributed by atoms with Gasteiger partial charge >= 0.3 is 12.3 Å². The molecule has 10 heteroatoms. The number of rotatable bonds is 8. The number of halogens is 3. The predicted molar refractivity (Wildman–Crippen MR) is 111 cm³/mol. The van der Waals surface area contributed by atoms with Gasteiger partial charge in [-0.2, -0.15) is 0 Å². The lowest BCUT2D eigenvalue weighted by atomic mass is 10.00. The van der Waals surface area contributed by atoms with E-state index in [9.17, 15) is 31.5 Å². The fraction of sp³-hybridized carbons (Fsp3) is 0.136. The standard InChI is InChI=1S/C22H18F3NO5S/c23-22(24,25)31-18-11-13-19(14-12-18)32(29,30)26-17-9-6-15(7-10-17)5-8-16-3-1-2-4-20(16)21(27)28/h1-4,6-7,9-14,26H,5,8H2,(H,27,28). The average molecular weight is 465 g/mol. The lowest BCUT2D eigenvalue weighted by molar-refractivity contribution is -0.274. The van der Waals surface area contributed by atoms with Crippen LogP contribution in [0.2, 0.25) is 0 Å². The van der Waals surface area contributed by atoms with E-state index in [4.69, 9.17) is 0 Å². The van der Waals surface area contributed by atoms with Crippen molar-refractivity contribution in [1.82, 2.24) is 0 Å². The van der Waals surface area contributed by atoms with E-state index in [2.05, 4.69) is 9.46 Å². The molecule has 32 heavy (non-hydrogen) atoms. The number of aromatic carboxylic acids is 1. The minimum Gasteiger partial charge on any atom is -0.478 e. The maximum absolute atomic E-state index is 12.5. The van der Waals surface area contributed by atoms with E-state index in [0.717, 1.165) is 29.8 Å². The maximum Gasteiger partial charge on any atom is 0.573 e. The summed E-state index contributed by atoms with van der Waals surface area (Å²) in [5, 5.41) is 9.24. The van der Waals surface area contributed by atoms with E-state index >= 15 is 0 Å². The quantitative estimate of drug-likeness (QED) is 0.495. The molecule has 168 valence electrons. The third-order valence-corrected chi connectivity index (χ3v) is 5.90. The summed E-state index contributed by atoms with van der Waals surface area (Å²) in [7, 11) is -4.01. The molecule has 0 aromatic heterocycles. The summed E-state index contributed by atoms with van der Waals surface area (Å²) in [6, 6.07) is 17.1. The Morgan fingerprint density at radius 1 is 0.906 bits per heavy atom. The van der Waals surface area contributed by atoms with Gasteiger partial charge in [-0.1, -0.05) is 30.3 Å². The molecule has 0 saturated heterocycles. The van der Waals surface area contributed by atoms with Gasteiger partial charge in [0.1, 0.15) is 5.75 Å². The number of ether oxygens (including phenoxy) is 1. The average Bonchev–Trinajstić information content (AvgIpc) is 2.72. The molecular formula is C22H18F3NO5S. The van der Waals surface area contributed by atoms with Crippen molar-refractivity contribution in [3.63, 3.8) is 0 Å². The highest BCUT2D eigenvalue weighted by atomic mass is 32.2. The molecule has 0 saturated carbocycles. The summed E-state index contributed by atoms with van der Waals surface area (Å²) >= 11 is 0. The molecule has 0 radical (unpaired) electrons. The van der Waals surface area contributed by atoms with Gasteiger partial charge in [-0.05, 0) is 66.4 Å². The highest BCUT2D eigenvalue weighted by molar-refractivity contribution is 7.92. The molecular weight excluding hydrogens is 447 g/mol. The second-order valence-electron chi connectivity index (χ2n) is 6.78. The molecule has 0 amide bonds. The van der Waals surface area contributed by atoms with Crippen molar-refractivity contribution in [3.05, 3.63) is 89.5 Å². The Morgan fingerprint density at radius 3 is 2.12 bits per heavy atom. The summed E-state index contributed by atoms with van der Waals surface area (Å²) in [4.78, 5) is 11.1. The second kappa shape index (κ2) is 9.31. The lowest BCUT2D eigenvalue weighted by Gasteiger charge is -2.11. The summed E-state index contributed by atoms with van der Waals surface area (Å²) < 4.78 is 67.7. The Kier molecular flexibility index (Phi) is 6.73. The van der Waals surface area contributed by atoms with E-state index in [-0.39, 0.29) is 16.1 Å². The molecule has 3 aromatic carbocycles. The highest BCUT2D eigenvalue weighted by Crippen LogP contribution is 2.25. The zero-order chi connectivity index (χ0) is 23.4. The van der Waals surface area contributed by atoms with E-state index < -0.39 is 28.1 Å². The van der Waals surface area contributed by atoms with Crippen molar-refractivity contribution in [1.29, 1.82) is 0 Å². The topological polar surface area (TPSA) is 92.7 Å². The molecule has 0 aliphatic heterocycles. The number of carboxylic acids is 1. The normalized spacial score (nSPS) is 11.7. The van der Waals surface area contributed by atoms with Crippen LogP contribution in [0.15, 0.2) is 77.7 Å². The van der Waals surface area contributed by atoms with Gasteiger partial charge in [-0.3, -0.25) is 4.72 Å². The molecule has 0 fully saturated rings. The van der Waals surface area contributed by atoms with Crippen LogP contribution in [0.3, 0.4) is 0 Å². The second-order valence-corrected chi connectivity index (χ2v) is 8.47. The zero-order valence-electron chi connectivity index (χ0n) is 16.5. The van der Waals surface area contributed by atoms with Crippen LogP contribution < -0.4 is 9.46 Å². The number of carboxylic acid groups (broad SMARTS) is 1. The SMILES string of the molecule is O=C(O)c1ccccc1CCc1ccc(NS(=O)(=O)c2ccc(OC(F)(F)F)cc2)cc1. The van der Waals surface area contributed by atoms with Crippen LogP contribution in [0.5, 0.6) is 5.75 Å². The number of benzene rings is 3. The van der Waals surface area contributed by atoms with Gasteiger partial charge in [0, 0.05) is 5.69 Å².